The molecule has 0 atom stereocenters. The quantitative estimate of drug-likeness (QED) is 0.632. The molecule has 0 amide bonds. The number of esters is 1. The lowest BCUT2D eigenvalue weighted by molar-refractivity contribution is 0.0517. The molecular formula is C13H14N2O3. The van der Waals surface area contributed by atoms with Crippen LogP contribution in [-0.2, 0) is 4.74 Å². The molecule has 0 spiro atoms. The van der Waals surface area contributed by atoms with E-state index in [2.05, 4.69) is 4.98 Å². The number of Topliss-reactive ketones (excluding diaryl/α,β-unsaturated/α-hetero) is 1. The molecule has 5 nitrogen and oxygen atoms in total. The molecule has 18 heavy (non-hydrogen) atoms. The molecule has 1 heterocycles. The van der Waals surface area contributed by atoms with Crippen LogP contribution in [0.15, 0.2) is 24.3 Å². The smallest absolute Gasteiger partial charge is 0.355 e. The second kappa shape index (κ2) is 5.01. The maximum Gasteiger partial charge on any atom is 0.355 e. The molecule has 2 aromatic rings. The van der Waals surface area contributed by atoms with E-state index in [9.17, 15) is 9.59 Å². The first-order valence-corrected chi connectivity index (χ1v) is 5.70. The van der Waals surface area contributed by atoms with Crippen LogP contribution in [0.5, 0.6) is 0 Å². The van der Waals surface area contributed by atoms with Gasteiger partial charge in [-0.25, -0.2) is 4.79 Å². The third-order valence-corrected chi connectivity index (χ3v) is 2.65. The minimum atomic E-state index is -0.537. The first-order chi connectivity index (χ1) is 8.69. The van der Waals surface area contributed by atoms with Crippen LogP contribution in [0.25, 0.3) is 10.9 Å². The lowest BCUT2D eigenvalue weighted by Gasteiger charge is -2.02. The number of H-pyrrole nitrogens is 1. The summed E-state index contributed by atoms with van der Waals surface area (Å²) in [6.45, 7) is 1.82. The van der Waals surface area contributed by atoms with E-state index in [0.717, 1.165) is 5.52 Å². The third-order valence-electron chi connectivity index (χ3n) is 2.65. The van der Waals surface area contributed by atoms with Gasteiger partial charge in [0.2, 0.25) is 0 Å². The van der Waals surface area contributed by atoms with E-state index in [0.29, 0.717) is 10.9 Å². The van der Waals surface area contributed by atoms with Crippen molar-refractivity contribution in [2.75, 3.05) is 13.2 Å². The minimum Gasteiger partial charge on any atom is -0.461 e. The summed E-state index contributed by atoms with van der Waals surface area (Å²) >= 11 is 0. The molecule has 5 heteroatoms. The number of aromatic amines is 1. The summed E-state index contributed by atoms with van der Waals surface area (Å²) in [4.78, 5) is 26.6. The van der Waals surface area contributed by atoms with Gasteiger partial charge in [-0.3, -0.25) is 4.79 Å². The number of nitrogens with two attached hydrogens (primary N) is 1. The zero-order chi connectivity index (χ0) is 13.1. The second-order valence-electron chi connectivity index (χ2n) is 3.77. The molecule has 0 saturated carbocycles. The Balaban J connectivity index is 2.64. The molecule has 0 aliphatic rings. The first kappa shape index (κ1) is 12.3. The van der Waals surface area contributed by atoms with Gasteiger partial charge in [0.05, 0.1) is 18.7 Å². The number of fused-ring (bicyclic) bond motifs is 1. The van der Waals surface area contributed by atoms with Crippen molar-refractivity contribution >= 4 is 22.7 Å². The van der Waals surface area contributed by atoms with Gasteiger partial charge in [-0.1, -0.05) is 18.2 Å². The summed E-state index contributed by atoms with van der Waals surface area (Å²) in [5.74, 6) is -0.819. The van der Waals surface area contributed by atoms with Gasteiger partial charge in [-0.15, -0.1) is 0 Å². The minimum absolute atomic E-state index is 0.145. The van der Waals surface area contributed by atoms with E-state index in [4.69, 9.17) is 10.5 Å². The number of aromatic nitrogens is 1. The Morgan fingerprint density at radius 2 is 2.06 bits per heavy atom. The van der Waals surface area contributed by atoms with Gasteiger partial charge in [0, 0.05) is 10.9 Å². The standard InChI is InChI=1S/C13H14N2O3/c1-2-18-13(17)12-11(10(16)7-14)8-5-3-4-6-9(8)15-12/h3-6,15H,2,7,14H2,1H3. The molecule has 0 bridgehead atoms. The Kier molecular flexibility index (Phi) is 3.43. The summed E-state index contributed by atoms with van der Waals surface area (Å²) in [5.41, 5.74) is 6.59. The fourth-order valence-corrected chi connectivity index (χ4v) is 1.89. The third kappa shape index (κ3) is 2.00. The van der Waals surface area contributed by atoms with Crippen molar-refractivity contribution in [1.82, 2.24) is 4.98 Å². The average Bonchev–Trinajstić information content (AvgIpc) is 2.77. The lowest BCUT2D eigenvalue weighted by atomic mass is 10.1. The lowest BCUT2D eigenvalue weighted by Crippen LogP contribution is -2.17. The van der Waals surface area contributed by atoms with Crippen LogP contribution in [0.2, 0.25) is 0 Å². The van der Waals surface area contributed by atoms with Crippen LogP contribution >= 0.6 is 0 Å². The Hall–Kier alpha value is -2.14. The maximum absolute atomic E-state index is 11.9. The van der Waals surface area contributed by atoms with Crippen LogP contribution in [0, 0.1) is 0 Å². The molecule has 0 aliphatic heterocycles. The monoisotopic (exact) mass is 246 g/mol. The number of ether oxygens (including phenoxy) is 1. The van der Waals surface area contributed by atoms with Crippen molar-refractivity contribution in [2.45, 2.75) is 6.92 Å². The van der Waals surface area contributed by atoms with Crippen LogP contribution < -0.4 is 5.73 Å². The highest BCUT2D eigenvalue weighted by molar-refractivity contribution is 6.15. The zero-order valence-corrected chi connectivity index (χ0v) is 10.0. The van der Waals surface area contributed by atoms with E-state index in [-0.39, 0.29) is 24.6 Å². The van der Waals surface area contributed by atoms with Crippen molar-refractivity contribution in [3.63, 3.8) is 0 Å². The Bertz CT molecular complexity index is 601. The van der Waals surface area contributed by atoms with Crippen LogP contribution in [0.1, 0.15) is 27.8 Å². The Morgan fingerprint density at radius 1 is 1.33 bits per heavy atom. The number of rotatable bonds is 4. The van der Waals surface area contributed by atoms with E-state index in [1.165, 1.54) is 0 Å². The number of benzene rings is 1. The number of hydrogen-bond acceptors (Lipinski definition) is 4. The molecule has 0 saturated heterocycles. The van der Waals surface area contributed by atoms with Gasteiger partial charge in [0.1, 0.15) is 5.69 Å². The Labute approximate surface area is 104 Å². The molecule has 0 aliphatic carbocycles. The summed E-state index contributed by atoms with van der Waals surface area (Å²) in [6, 6.07) is 7.20. The highest BCUT2D eigenvalue weighted by Gasteiger charge is 2.22. The summed E-state index contributed by atoms with van der Waals surface area (Å²) < 4.78 is 4.93. The fraction of sp³-hybridized carbons (Fsp3) is 0.231. The van der Waals surface area contributed by atoms with Gasteiger partial charge in [-0.2, -0.15) is 0 Å². The number of hydrogen-bond donors (Lipinski definition) is 2. The molecular weight excluding hydrogens is 232 g/mol. The molecule has 2 rings (SSSR count). The van der Waals surface area contributed by atoms with Gasteiger partial charge in [0.15, 0.2) is 5.78 Å². The molecule has 0 fully saturated rings. The molecule has 3 N–H and O–H groups in total. The summed E-state index contributed by atoms with van der Waals surface area (Å²) in [7, 11) is 0. The van der Waals surface area contributed by atoms with Crippen molar-refractivity contribution in [3.05, 3.63) is 35.5 Å². The number of nitrogens with one attached hydrogen (secondary N) is 1. The summed E-state index contributed by atoms with van der Waals surface area (Å²) in [5, 5.41) is 0.691. The molecule has 1 aromatic heterocycles. The van der Waals surface area contributed by atoms with Crippen LogP contribution in [-0.4, -0.2) is 29.9 Å². The van der Waals surface area contributed by atoms with E-state index in [1.54, 1.807) is 25.1 Å². The number of carbonyl (C=O) groups is 2. The van der Waals surface area contributed by atoms with Gasteiger partial charge in [-0.05, 0) is 13.0 Å². The van der Waals surface area contributed by atoms with Crippen molar-refractivity contribution < 1.29 is 14.3 Å². The topological polar surface area (TPSA) is 85.2 Å². The normalized spacial score (nSPS) is 10.6. The van der Waals surface area contributed by atoms with Gasteiger partial charge < -0.3 is 15.5 Å². The average molecular weight is 246 g/mol. The zero-order valence-electron chi connectivity index (χ0n) is 10.0. The van der Waals surface area contributed by atoms with Crippen molar-refractivity contribution in [3.8, 4) is 0 Å². The molecule has 1 aromatic carbocycles. The Morgan fingerprint density at radius 3 is 2.72 bits per heavy atom. The summed E-state index contributed by atoms with van der Waals surface area (Å²) in [6.07, 6.45) is 0. The molecule has 0 unspecified atom stereocenters. The van der Waals surface area contributed by atoms with E-state index in [1.807, 2.05) is 6.07 Å². The van der Waals surface area contributed by atoms with E-state index < -0.39 is 5.97 Å². The second-order valence-corrected chi connectivity index (χ2v) is 3.77. The van der Waals surface area contributed by atoms with Crippen LogP contribution in [0.3, 0.4) is 0 Å². The number of carbonyl (C=O) groups excluding carboxylic acids is 2. The highest BCUT2D eigenvalue weighted by atomic mass is 16.5. The van der Waals surface area contributed by atoms with Crippen LogP contribution in [0.4, 0.5) is 0 Å². The SMILES string of the molecule is CCOC(=O)c1[nH]c2ccccc2c1C(=O)CN. The predicted molar refractivity (Wildman–Crippen MR) is 67.6 cm³/mol. The maximum atomic E-state index is 11.9. The molecule has 94 valence electrons. The highest BCUT2D eigenvalue weighted by Crippen LogP contribution is 2.23. The largest absolute Gasteiger partial charge is 0.461 e. The fourth-order valence-electron chi connectivity index (χ4n) is 1.89. The van der Waals surface area contributed by atoms with Gasteiger partial charge in [0.25, 0.3) is 0 Å². The van der Waals surface area contributed by atoms with Crippen molar-refractivity contribution in [2.24, 2.45) is 5.73 Å². The van der Waals surface area contributed by atoms with E-state index >= 15 is 0 Å². The van der Waals surface area contributed by atoms with Gasteiger partial charge >= 0.3 is 5.97 Å². The predicted octanol–water partition coefficient (Wildman–Crippen LogP) is 1.49. The number of para-hydroxylation sites is 1. The first-order valence-electron chi connectivity index (χ1n) is 5.70. The van der Waals surface area contributed by atoms with Crippen molar-refractivity contribution in [1.29, 1.82) is 0 Å². The molecule has 0 radical (unpaired) electrons. The number of ketones is 1.